The van der Waals surface area contributed by atoms with Gasteiger partial charge < -0.3 is 15.8 Å². The fraction of sp³-hybridized carbons (Fsp3) is 0.400. The van der Waals surface area contributed by atoms with Crippen LogP contribution in [0.4, 0.5) is 4.79 Å². The summed E-state index contributed by atoms with van der Waals surface area (Å²) in [5, 5.41) is 2.32. The van der Waals surface area contributed by atoms with Crippen molar-refractivity contribution >= 4 is 17.8 Å². The van der Waals surface area contributed by atoms with E-state index < -0.39 is 23.9 Å². The second-order valence-electron chi connectivity index (χ2n) is 5.13. The summed E-state index contributed by atoms with van der Waals surface area (Å²) >= 11 is 0. The molecule has 0 saturated carbocycles. The first-order valence-corrected chi connectivity index (χ1v) is 7.24. The lowest BCUT2D eigenvalue weighted by molar-refractivity contribution is -0.124. The molecule has 126 valence electrons. The van der Waals surface area contributed by atoms with Crippen molar-refractivity contribution in [3.63, 3.8) is 0 Å². The Kier molecular flexibility index (Phi) is 6.85. The third-order valence-corrected chi connectivity index (χ3v) is 2.97. The average molecular weight is 322 g/mol. The van der Waals surface area contributed by atoms with Gasteiger partial charge in [0.1, 0.15) is 11.8 Å². The number of hydrazine groups is 1. The number of rotatable bonds is 6. The van der Waals surface area contributed by atoms with Crippen LogP contribution in [0, 0.1) is 5.92 Å². The van der Waals surface area contributed by atoms with Crippen LogP contribution in [0.25, 0.3) is 0 Å². The van der Waals surface area contributed by atoms with Crippen LogP contribution in [0.1, 0.15) is 31.1 Å². The quantitative estimate of drug-likeness (QED) is 0.571. The predicted molar refractivity (Wildman–Crippen MR) is 84.6 cm³/mol. The van der Waals surface area contributed by atoms with Gasteiger partial charge in [0, 0.05) is 5.56 Å². The molecule has 0 heterocycles. The molecule has 0 saturated heterocycles. The van der Waals surface area contributed by atoms with E-state index in [1.54, 1.807) is 38.1 Å². The van der Waals surface area contributed by atoms with Gasteiger partial charge in [0.05, 0.1) is 6.61 Å². The van der Waals surface area contributed by atoms with E-state index in [2.05, 4.69) is 16.2 Å². The Labute approximate surface area is 134 Å². The molecular weight excluding hydrogens is 300 g/mol. The molecular formula is C15H22N4O4. The van der Waals surface area contributed by atoms with Gasteiger partial charge in [-0.25, -0.2) is 4.79 Å². The van der Waals surface area contributed by atoms with Crippen molar-refractivity contribution in [3.8, 4) is 5.75 Å². The number of amides is 4. The lowest BCUT2D eigenvalue weighted by atomic mass is 10.0. The Balaban J connectivity index is 2.60. The first-order valence-electron chi connectivity index (χ1n) is 7.24. The normalized spacial score (nSPS) is 11.5. The van der Waals surface area contributed by atoms with Crippen LogP contribution < -0.4 is 26.6 Å². The first-order chi connectivity index (χ1) is 10.8. The van der Waals surface area contributed by atoms with Crippen LogP contribution in [-0.4, -0.2) is 30.5 Å². The second kappa shape index (κ2) is 8.62. The van der Waals surface area contributed by atoms with Crippen LogP contribution in [0.2, 0.25) is 0 Å². The van der Waals surface area contributed by atoms with Crippen molar-refractivity contribution in [2.45, 2.75) is 26.8 Å². The molecule has 0 fully saturated rings. The van der Waals surface area contributed by atoms with Crippen molar-refractivity contribution < 1.29 is 19.1 Å². The molecule has 0 unspecified atom stereocenters. The van der Waals surface area contributed by atoms with E-state index in [1.165, 1.54) is 0 Å². The van der Waals surface area contributed by atoms with Gasteiger partial charge in [0.15, 0.2) is 0 Å². The number of hydrogen-bond donors (Lipinski definition) is 4. The summed E-state index contributed by atoms with van der Waals surface area (Å²) in [5.74, 6) is -0.579. The summed E-state index contributed by atoms with van der Waals surface area (Å²) in [4.78, 5) is 34.8. The lowest BCUT2D eigenvalue weighted by Gasteiger charge is -2.20. The van der Waals surface area contributed by atoms with Crippen molar-refractivity contribution in [1.82, 2.24) is 16.2 Å². The summed E-state index contributed by atoms with van der Waals surface area (Å²) in [6.07, 6.45) is 0. The number of ether oxygens (including phenoxy) is 1. The summed E-state index contributed by atoms with van der Waals surface area (Å²) in [7, 11) is 0. The minimum atomic E-state index is -0.840. The molecule has 0 aliphatic heterocycles. The Morgan fingerprint density at radius 1 is 1.13 bits per heavy atom. The van der Waals surface area contributed by atoms with Gasteiger partial charge in [-0.3, -0.25) is 20.4 Å². The molecule has 0 aliphatic carbocycles. The van der Waals surface area contributed by atoms with Crippen LogP contribution in [0.15, 0.2) is 24.3 Å². The van der Waals surface area contributed by atoms with E-state index >= 15 is 0 Å². The van der Waals surface area contributed by atoms with E-state index in [1.807, 2.05) is 6.92 Å². The molecule has 1 rings (SSSR count). The maximum Gasteiger partial charge on any atom is 0.312 e. The summed E-state index contributed by atoms with van der Waals surface area (Å²) < 4.78 is 5.28. The van der Waals surface area contributed by atoms with E-state index in [9.17, 15) is 14.4 Å². The fourth-order valence-corrected chi connectivity index (χ4v) is 1.83. The monoisotopic (exact) mass is 322 g/mol. The topological polar surface area (TPSA) is 123 Å². The lowest BCUT2D eigenvalue weighted by Crippen LogP contribution is -2.55. The number of nitrogens with two attached hydrogens (primary N) is 1. The SMILES string of the molecule is CCOc1ccc(C(=O)NNC(=O)[C@@H](NC(N)=O)C(C)C)cc1. The number of carbonyl (C=O) groups is 3. The number of nitrogens with one attached hydrogen (secondary N) is 3. The van der Waals surface area contributed by atoms with Gasteiger partial charge in [0.2, 0.25) is 0 Å². The average Bonchev–Trinajstić information content (AvgIpc) is 2.50. The highest BCUT2D eigenvalue weighted by atomic mass is 16.5. The Hall–Kier alpha value is -2.77. The summed E-state index contributed by atoms with van der Waals surface area (Å²) in [5.41, 5.74) is 9.94. The molecule has 4 amide bonds. The molecule has 0 bridgehead atoms. The zero-order valence-corrected chi connectivity index (χ0v) is 13.4. The largest absolute Gasteiger partial charge is 0.494 e. The maximum absolute atomic E-state index is 12.0. The van der Waals surface area contributed by atoms with Crippen LogP contribution in [0.3, 0.4) is 0 Å². The fourth-order valence-electron chi connectivity index (χ4n) is 1.83. The molecule has 23 heavy (non-hydrogen) atoms. The molecule has 8 heteroatoms. The van der Waals surface area contributed by atoms with Crippen molar-refractivity contribution in [3.05, 3.63) is 29.8 Å². The highest BCUT2D eigenvalue weighted by molar-refractivity contribution is 5.96. The Morgan fingerprint density at radius 3 is 2.22 bits per heavy atom. The number of carbonyl (C=O) groups excluding carboxylic acids is 3. The Bertz CT molecular complexity index is 557. The molecule has 1 aromatic carbocycles. The predicted octanol–water partition coefficient (Wildman–Crippen LogP) is 0.539. The zero-order valence-electron chi connectivity index (χ0n) is 13.4. The zero-order chi connectivity index (χ0) is 17.4. The maximum atomic E-state index is 12.0. The molecule has 0 aliphatic rings. The van der Waals surface area contributed by atoms with E-state index in [4.69, 9.17) is 10.5 Å². The van der Waals surface area contributed by atoms with Crippen molar-refractivity contribution in [1.29, 1.82) is 0 Å². The smallest absolute Gasteiger partial charge is 0.312 e. The van der Waals surface area contributed by atoms with E-state index in [-0.39, 0.29) is 5.92 Å². The standard InChI is InChI=1S/C15H22N4O4/c1-4-23-11-7-5-10(6-8-11)13(20)18-19-14(21)12(9(2)3)17-15(16)22/h5-9,12H,4H2,1-3H3,(H,18,20)(H,19,21)(H3,16,17,22)/t12-/m0/s1. The van der Waals surface area contributed by atoms with Crippen LogP contribution >= 0.6 is 0 Å². The molecule has 8 nitrogen and oxygen atoms in total. The van der Waals surface area contributed by atoms with Gasteiger partial charge in [-0.15, -0.1) is 0 Å². The number of urea groups is 1. The first kappa shape index (κ1) is 18.3. The molecule has 1 atom stereocenters. The molecule has 0 spiro atoms. The van der Waals surface area contributed by atoms with Gasteiger partial charge in [-0.2, -0.15) is 0 Å². The minimum absolute atomic E-state index is 0.190. The highest BCUT2D eigenvalue weighted by Crippen LogP contribution is 2.11. The summed E-state index contributed by atoms with van der Waals surface area (Å²) in [6.45, 7) is 5.88. The number of benzene rings is 1. The van der Waals surface area contributed by atoms with Crippen LogP contribution in [0.5, 0.6) is 5.75 Å². The summed E-state index contributed by atoms with van der Waals surface area (Å²) in [6, 6.07) is 4.82. The number of primary amides is 1. The second-order valence-corrected chi connectivity index (χ2v) is 5.13. The minimum Gasteiger partial charge on any atom is -0.494 e. The van der Waals surface area contributed by atoms with E-state index in [0.717, 1.165) is 0 Å². The van der Waals surface area contributed by atoms with Gasteiger partial charge in [-0.05, 0) is 37.1 Å². The Morgan fingerprint density at radius 2 is 1.74 bits per heavy atom. The van der Waals surface area contributed by atoms with E-state index in [0.29, 0.717) is 17.9 Å². The molecule has 1 aromatic rings. The van der Waals surface area contributed by atoms with Gasteiger partial charge >= 0.3 is 6.03 Å². The van der Waals surface area contributed by atoms with Crippen LogP contribution in [-0.2, 0) is 4.79 Å². The molecule has 5 N–H and O–H groups in total. The van der Waals surface area contributed by atoms with Crippen molar-refractivity contribution in [2.75, 3.05) is 6.61 Å². The van der Waals surface area contributed by atoms with Gasteiger partial charge in [-0.1, -0.05) is 13.8 Å². The third kappa shape index (κ3) is 5.85. The number of hydrogen-bond acceptors (Lipinski definition) is 4. The third-order valence-electron chi connectivity index (χ3n) is 2.97. The molecule has 0 radical (unpaired) electrons. The van der Waals surface area contributed by atoms with Gasteiger partial charge in [0.25, 0.3) is 11.8 Å². The molecule has 0 aromatic heterocycles. The highest BCUT2D eigenvalue weighted by Gasteiger charge is 2.23. The van der Waals surface area contributed by atoms with Crippen molar-refractivity contribution in [2.24, 2.45) is 11.7 Å².